The first-order valence-electron chi connectivity index (χ1n) is 4.85. The van der Waals surface area contributed by atoms with Gasteiger partial charge in [0.2, 0.25) is 5.28 Å². The second-order valence-electron chi connectivity index (χ2n) is 2.91. The summed E-state index contributed by atoms with van der Waals surface area (Å²) in [4.78, 5) is 7.95. The highest BCUT2D eigenvalue weighted by Crippen LogP contribution is 2.12. The van der Waals surface area contributed by atoms with E-state index in [1.165, 1.54) is 0 Å². The third-order valence-corrected chi connectivity index (χ3v) is 2.12. The number of halogens is 1. The molecule has 76 valence electrons. The summed E-state index contributed by atoms with van der Waals surface area (Å²) >= 11 is 5.66. The number of aryl methyl sites for hydroxylation is 1. The van der Waals surface area contributed by atoms with Crippen molar-refractivity contribution >= 4 is 35.8 Å². The Balaban J connectivity index is 0.000000531. The minimum atomic E-state index is 0.261. The molecule has 4 heteroatoms. The normalized spacial score (nSPS) is 9.60. The van der Waals surface area contributed by atoms with Crippen LogP contribution < -0.4 is 5.46 Å². The predicted molar refractivity (Wildman–Crippen MR) is 66.0 cm³/mol. The second kappa shape index (κ2) is 5.12. The Morgan fingerprint density at radius 2 is 1.93 bits per heavy atom. The third kappa shape index (κ3) is 2.69. The lowest BCUT2D eigenvalue weighted by Gasteiger charge is -2.02. The van der Waals surface area contributed by atoms with Crippen LogP contribution in [0.15, 0.2) is 18.3 Å². The number of fused-ring (bicyclic) bond motifs is 1. The average molecular weight is 218 g/mol. The van der Waals surface area contributed by atoms with Crippen molar-refractivity contribution in [1.82, 2.24) is 9.97 Å². The van der Waals surface area contributed by atoms with E-state index in [1.54, 1.807) is 6.20 Å². The van der Waals surface area contributed by atoms with Crippen molar-refractivity contribution in [3.8, 4) is 0 Å². The smallest absolute Gasteiger partial charge is 0.222 e. The van der Waals surface area contributed by atoms with Gasteiger partial charge < -0.3 is 0 Å². The molecule has 2 aromatic rings. The molecule has 1 aromatic carbocycles. The largest absolute Gasteiger partial charge is 0.226 e. The number of benzene rings is 1. The van der Waals surface area contributed by atoms with Gasteiger partial charge in [0.25, 0.3) is 0 Å². The van der Waals surface area contributed by atoms with Gasteiger partial charge in [-0.3, -0.25) is 0 Å². The lowest BCUT2D eigenvalue weighted by molar-refractivity contribution is 1.22. The first-order chi connectivity index (χ1) is 7.16. The van der Waals surface area contributed by atoms with Crippen LogP contribution in [-0.2, 0) is 0 Å². The summed E-state index contributed by atoms with van der Waals surface area (Å²) in [6.45, 7) is 5.94. The second-order valence-corrected chi connectivity index (χ2v) is 3.24. The Bertz CT molecular complexity index is 471. The first-order valence-corrected chi connectivity index (χ1v) is 5.23. The van der Waals surface area contributed by atoms with Crippen LogP contribution in [0.2, 0.25) is 5.28 Å². The molecule has 15 heavy (non-hydrogen) atoms. The van der Waals surface area contributed by atoms with Gasteiger partial charge in [-0.2, -0.15) is 0 Å². The Morgan fingerprint density at radius 3 is 2.60 bits per heavy atom. The van der Waals surface area contributed by atoms with Gasteiger partial charge in [0, 0.05) is 11.6 Å². The van der Waals surface area contributed by atoms with Crippen LogP contribution in [0.3, 0.4) is 0 Å². The van der Waals surface area contributed by atoms with Crippen molar-refractivity contribution in [1.29, 1.82) is 0 Å². The van der Waals surface area contributed by atoms with Gasteiger partial charge in [-0.05, 0) is 24.6 Å². The molecule has 2 nitrogen and oxygen atoms in total. The molecule has 2 radical (unpaired) electrons. The molecule has 0 aliphatic rings. The van der Waals surface area contributed by atoms with E-state index in [4.69, 9.17) is 19.4 Å². The molecule has 1 aromatic heterocycles. The number of rotatable bonds is 0. The average Bonchev–Trinajstić information content (AvgIpc) is 2.23. The SMILES string of the molecule is CC.[B]c1cc2cnc(Cl)nc2cc1C. The molecule has 0 amide bonds. The zero-order valence-corrected chi connectivity index (χ0v) is 9.84. The molecule has 0 unspecified atom stereocenters. The fourth-order valence-electron chi connectivity index (χ4n) is 1.18. The van der Waals surface area contributed by atoms with Gasteiger partial charge in [-0.15, -0.1) is 0 Å². The van der Waals surface area contributed by atoms with Gasteiger partial charge in [0.05, 0.1) is 5.52 Å². The molecule has 0 saturated heterocycles. The molecule has 1 heterocycles. The van der Waals surface area contributed by atoms with Gasteiger partial charge >= 0.3 is 0 Å². The summed E-state index contributed by atoms with van der Waals surface area (Å²) in [5.74, 6) is 0. The van der Waals surface area contributed by atoms with Crippen LogP contribution >= 0.6 is 11.6 Å². The van der Waals surface area contributed by atoms with E-state index >= 15 is 0 Å². The Labute approximate surface area is 96.1 Å². The van der Waals surface area contributed by atoms with Crippen molar-refractivity contribution < 1.29 is 0 Å². The molecule has 0 N–H and O–H groups in total. The standard InChI is InChI=1S/C9H6BClN2.C2H6/c1-5-2-8-6(3-7(5)10)4-12-9(11)13-8;1-2/h2-4H,1H3;1-2H3. The molecule has 0 aliphatic heterocycles. The minimum absolute atomic E-state index is 0.261. The Kier molecular flexibility index (Phi) is 4.10. The number of aromatic nitrogens is 2. The lowest BCUT2D eigenvalue weighted by Crippen LogP contribution is -2.06. The van der Waals surface area contributed by atoms with E-state index in [1.807, 2.05) is 32.9 Å². The van der Waals surface area contributed by atoms with E-state index in [0.29, 0.717) is 0 Å². The van der Waals surface area contributed by atoms with Crippen molar-refractivity contribution in [2.24, 2.45) is 0 Å². The maximum atomic E-state index is 5.74. The Morgan fingerprint density at radius 1 is 1.27 bits per heavy atom. The zero-order chi connectivity index (χ0) is 11.4. The van der Waals surface area contributed by atoms with E-state index in [2.05, 4.69) is 9.97 Å². The van der Waals surface area contributed by atoms with Gasteiger partial charge in [-0.1, -0.05) is 30.9 Å². The van der Waals surface area contributed by atoms with Crippen molar-refractivity contribution in [2.45, 2.75) is 20.8 Å². The van der Waals surface area contributed by atoms with Crippen LogP contribution in [-0.4, -0.2) is 17.8 Å². The first kappa shape index (κ1) is 12.0. The Hall–Kier alpha value is -1.09. The van der Waals surface area contributed by atoms with Crippen LogP contribution in [0.25, 0.3) is 10.9 Å². The monoisotopic (exact) mass is 218 g/mol. The van der Waals surface area contributed by atoms with Crippen LogP contribution in [0.5, 0.6) is 0 Å². The minimum Gasteiger partial charge on any atom is -0.226 e. The number of nitrogens with zero attached hydrogens (tertiary/aromatic N) is 2. The number of hydrogen-bond donors (Lipinski definition) is 0. The molecule has 0 saturated carbocycles. The summed E-state index contributed by atoms with van der Waals surface area (Å²) in [5, 5.41) is 1.17. The quantitative estimate of drug-likeness (QED) is 0.501. The summed E-state index contributed by atoms with van der Waals surface area (Å²) < 4.78 is 0. The molecular weight excluding hydrogens is 206 g/mol. The summed E-state index contributed by atoms with van der Waals surface area (Å²) in [6.07, 6.45) is 1.67. The number of hydrogen-bond acceptors (Lipinski definition) is 2. The molecule has 2 rings (SSSR count). The van der Waals surface area contributed by atoms with Crippen molar-refractivity contribution in [3.05, 3.63) is 29.2 Å². The fourth-order valence-corrected chi connectivity index (χ4v) is 1.32. The third-order valence-electron chi connectivity index (χ3n) is 1.94. The highest BCUT2D eigenvalue weighted by molar-refractivity contribution is 6.34. The molecule has 0 fully saturated rings. The topological polar surface area (TPSA) is 25.8 Å². The molecule has 0 aliphatic carbocycles. The van der Waals surface area contributed by atoms with E-state index in [9.17, 15) is 0 Å². The van der Waals surface area contributed by atoms with E-state index < -0.39 is 0 Å². The van der Waals surface area contributed by atoms with Crippen LogP contribution in [0.4, 0.5) is 0 Å². The molecule has 0 bridgehead atoms. The molecular formula is C11H12BClN2. The van der Waals surface area contributed by atoms with E-state index in [0.717, 1.165) is 21.9 Å². The highest BCUT2D eigenvalue weighted by atomic mass is 35.5. The van der Waals surface area contributed by atoms with Crippen LogP contribution in [0, 0.1) is 6.92 Å². The maximum Gasteiger partial charge on any atom is 0.222 e. The maximum absolute atomic E-state index is 5.74. The van der Waals surface area contributed by atoms with Crippen LogP contribution in [0.1, 0.15) is 19.4 Å². The van der Waals surface area contributed by atoms with E-state index in [-0.39, 0.29) is 5.28 Å². The zero-order valence-electron chi connectivity index (χ0n) is 9.08. The van der Waals surface area contributed by atoms with Gasteiger partial charge in [0.15, 0.2) is 0 Å². The van der Waals surface area contributed by atoms with Gasteiger partial charge in [-0.25, -0.2) is 9.97 Å². The summed E-state index contributed by atoms with van der Waals surface area (Å²) in [7, 11) is 5.74. The fraction of sp³-hybridized carbons (Fsp3) is 0.273. The van der Waals surface area contributed by atoms with Crippen molar-refractivity contribution in [3.63, 3.8) is 0 Å². The van der Waals surface area contributed by atoms with Crippen molar-refractivity contribution in [2.75, 3.05) is 0 Å². The highest BCUT2D eigenvalue weighted by Gasteiger charge is 1.99. The summed E-state index contributed by atoms with van der Waals surface area (Å²) in [6, 6.07) is 3.75. The lowest BCUT2D eigenvalue weighted by atomic mass is 9.90. The predicted octanol–water partition coefficient (Wildman–Crippen LogP) is 2.41. The molecule has 0 atom stereocenters. The summed E-state index contributed by atoms with van der Waals surface area (Å²) in [5.41, 5.74) is 2.58. The molecule has 0 spiro atoms. The van der Waals surface area contributed by atoms with Gasteiger partial charge in [0.1, 0.15) is 7.85 Å².